The van der Waals surface area contributed by atoms with E-state index >= 15 is 0 Å². The second kappa shape index (κ2) is 8.37. The number of hydrogen-bond donors (Lipinski definition) is 1. The number of carbonyl (C=O) groups is 1. The van der Waals surface area contributed by atoms with Gasteiger partial charge in [0.15, 0.2) is 0 Å². The molecule has 6 heteroatoms. The van der Waals surface area contributed by atoms with Crippen LogP contribution in [0.5, 0.6) is 0 Å². The van der Waals surface area contributed by atoms with Gasteiger partial charge in [0.05, 0.1) is 18.3 Å². The first-order valence-corrected chi connectivity index (χ1v) is 9.27. The molecule has 1 amide bonds. The topological polar surface area (TPSA) is 48.5 Å². The Morgan fingerprint density at radius 3 is 2.75 bits per heavy atom. The van der Waals surface area contributed by atoms with Gasteiger partial charge in [-0.1, -0.05) is 12.1 Å². The van der Waals surface area contributed by atoms with Crippen molar-refractivity contribution in [1.82, 2.24) is 20.1 Å². The fourth-order valence-electron chi connectivity index (χ4n) is 2.93. The fraction of sp³-hybridized carbons (Fsp3) is 0.444. The third-order valence-electron chi connectivity index (χ3n) is 4.46. The van der Waals surface area contributed by atoms with Crippen molar-refractivity contribution in [2.45, 2.75) is 26.1 Å². The third-order valence-corrected chi connectivity index (χ3v) is 5.34. The Labute approximate surface area is 147 Å². The van der Waals surface area contributed by atoms with Crippen molar-refractivity contribution in [2.75, 3.05) is 26.2 Å². The standard InChI is InChI=1S/C18H24N4OS/c1-15(18(23)20-13-17-6-4-12-24-17)22-10-8-21(9-11-22)14-16-5-2-3-7-19-16/h2-7,12,15H,8-11,13-14H2,1H3,(H,20,23). The molecule has 128 valence electrons. The molecule has 3 rings (SSSR count). The first-order chi connectivity index (χ1) is 11.7. The number of hydrogen-bond acceptors (Lipinski definition) is 5. The van der Waals surface area contributed by atoms with E-state index in [-0.39, 0.29) is 11.9 Å². The number of nitrogens with zero attached hydrogens (tertiary/aromatic N) is 3. The Kier molecular flexibility index (Phi) is 5.96. The van der Waals surface area contributed by atoms with Crippen LogP contribution in [0.15, 0.2) is 41.9 Å². The number of carbonyl (C=O) groups excluding carboxylic acids is 1. The molecule has 2 aromatic rings. The largest absolute Gasteiger partial charge is 0.350 e. The molecule has 0 aromatic carbocycles. The SMILES string of the molecule is CC(C(=O)NCc1cccs1)N1CCN(Cc2ccccn2)CC1. The van der Waals surface area contributed by atoms with E-state index in [0.717, 1.165) is 38.4 Å². The van der Waals surface area contributed by atoms with Gasteiger partial charge < -0.3 is 5.32 Å². The van der Waals surface area contributed by atoms with Gasteiger partial charge in [-0.25, -0.2) is 0 Å². The molecule has 1 unspecified atom stereocenters. The first kappa shape index (κ1) is 17.1. The number of pyridine rings is 1. The zero-order valence-electron chi connectivity index (χ0n) is 14.0. The van der Waals surface area contributed by atoms with Crippen molar-refractivity contribution in [2.24, 2.45) is 0 Å². The Hall–Kier alpha value is -1.76. The summed E-state index contributed by atoms with van der Waals surface area (Å²) >= 11 is 1.67. The summed E-state index contributed by atoms with van der Waals surface area (Å²) in [5.74, 6) is 0.113. The number of amides is 1. The quantitative estimate of drug-likeness (QED) is 0.870. The van der Waals surface area contributed by atoms with Crippen LogP contribution < -0.4 is 5.32 Å². The number of piperazine rings is 1. The lowest BCUT2D eigenvalue weighted by Crippen LogP contribution is -2.53. The van der Waals surface area contributed by atoms with Gasteiger partial charge in [-0.15, -0.1) is 11.3 Å². The molecular formula is C18H24N4OS. The molecule has 0 aliphatic carbocycles. The van der Waals surface area contributed by atoms with Crippen LogP contribution in [0, 0.1) is 0 Å². The van der Waals surface area contributed by atoms with E-state index in [1.54, 1.807) is 11.3 Å². The van der Waals surface area contributed by atoms with Crippen LogP contribution in [-0.2, 0) is 17.9 Å². The maximum absolute atomic E-state index is 12.3. The normalized spacial score (nSPS) is 17.5. The maximum atomic E-state index is 12.3. The molecule has 1 saturated heterocycles. The highest BCUT2D eigenvalue weighted by Gasteiger charge is 2.25. The summed E-state index contributed by atoms with van der Waals surface area (Å²) in [6.07, 6.45) is 1.84. The number of rotatable bonds is 6. The van der Waals surface area contributed by atoms with Gasteiger partial charge in [-0.3, -0.25) is 19.6 Å². The lowest BCUT2D eigenvalue weighted by molar-refractivity contribution is -0.126. The van der Waals surface area contributed by atoms with Crippen LogP contribution in [0.2, 0.25) is 0 Å². The summed E-state index contributed by atoms with van der Waals surface area (Å²) in [5.41, 5.74) is 1.10. The highest BCUT2D eigenvalue weighted by atomic mass is 32.1. The summed E-state index contributed by atoms with van der Waals surface area (Å²) in [4.78, 5) is 22.6. The van der Waals surface area contributed by atoms with Crippen molar-refractivity contribution >= 4 is 17.2 Å². The lowest BCUT2D eigenvalue weighted by atomic mass is 10.2. The molecule has 1 aliphatic heterocycles. The highest BCUT2D eigenvalue weighted by molar-refractivity contribution is 7.09. The van der Waals surface area contributed by atoms with E-state index in [2.05, 4.69) is 26.2 Å². The Balaban J connectivity index is 1.42. The van der Waals surface area contributed by atoms with Gasteiger partial charge in [0.1, 0.15) is 0 Å². The molecule has 0 bridgehead atoms. The van der Waals surface area contributed by atoms with Crippen molar-refractivity contribution in [3.05, 3.63) is 52.5 Å². The predicted molar refractivity (Wildman–Crippen MR) is 96.7 cm³/mol. The van der Waals surface area contributed by atoms with Crippen molar-refractivity contribution in [3.63, 3.8) is 0 Å². The average molecular weight is 344 g/mol. The maximum Gasteiger partial charge on any atom is 0.237 e. The number of thiophene rings is 1. The first-order valence-electron chi connectivity index (χ1n) is 8.39. The van der Waals surface area contributed by atoms with Crippen molar-refractivity contribution < 1.29 is 4.79 Å². The van der Waals surface area contributed by atoms with Crippen LogP contribution in [0.25, 0.3) is 0 Å². The van der Waals surface area contributed by atoms with E-state index in [1.807, 2.05) is 42.8 Å². The van der Waals surface area contributed by atoms with E-state index in [1.165, 1.54) is 4.88 Å². The molecule has 1 aliphatic rings. The second-order valence-electron chi connectivity index (χ2n) is 6.11. The van der Waals surface area contributed by atoms with E-state index in [0.29, 0.717) is 6.54 Å². The van der Waals surface area contributed by atoms with Crippen molar-refractivity contribution in [3.8, 4) is 0 Å². The van der Waals surface area contributed by atoms with E-state index in [9.17, 15) is 4.79 Å². The monoisotopic (exact) mass is 344 g/mol. The van der Waals surface area contributed by atoms with Gasteiger partial charge >= 0.3 is 0 Å². The summed E-state index contributed by atoms with van der Waals surface area (Å²) in [6, 6.07) is 10.0. The molecule has 1 atom stereocenters. The highest BCUT2D eigenvalue weighted by Crippen LogP contribution is 2.11. The average Bonchev–Trinajstić information content (AvgIpc) is 3.14. The van der Waals surface area contributed by atoms with Crippen LogP contribution in [-0.4, -0.2) is 52.9 Å². The van der Waals surface area contributed by atoms with Crippen LogP contribution in [0.1, 0.15) is 17.5 Å². The lowest BCUT2D eigenvalue weighted by Gasteiger charge is -2.37. The zero-order chi connectivity index (χ0) is 16.8. The summed E-state index contributed by atoms with van der Waals surface area (Å²) < 4.78 is 0. The zero-order valence-corrected chi connectivity index (χ0v) is 14.8. The van der Waals surface area contributed by atoms with Gasteiger partial charge in [-0.2, -0.15) is 0 Å². The van der Waals surface area contributed by atoms with Gasteiger partial charge in [0, 0.05) is 43.8 Å². The summed E-state index contributed by atoms with van der Waals surface area (Å²) in [5, 5.41) is 5.07. The minimum absolute atomic E-state index is 0.0815. The molecule has 0 radical (unpaired) electrons. The smallest absolute Gasteiger partial charge is 0.237 e. The Morgan fingerprint density at radius 2 is 2.08 bits per heavy atom. The number of nitrogens with one attached hydrogen (secondary N) is 1. The molecule has 24 heavy (non-hydrogen) atoms. The fourth-order valence-corrected chi connectivity index (χ4v) is 3.57. The summed E-state index contributed by atoms with van der Waals surface area (Å²) in [7, 11) is 0. The van der Waals surface area contributed by atoms with Crippen LogP contribution >= 0.6 is 11.3 Å². The van der Waals surface area contributed by atoms with Gasteiger partial charge in [-0.05, 0) is 30.5 Å². The van der Waals surface area contributed by atoms with Crippen LogP contribution in [0.3, 0.4) is 0 Å². The minimum Gasteiger partial charge on any atom is -0.350 e. The predicted octanol–water partition coefficient (Wildman–Crippen LogP) is 1.97. The molecule has 0 saturated carbocycles. The molecule has 1 fully saturated rings. The molecule has 5 nitrogen and oxygen atoms in total. The number of aromatic nitrogens is 1. The molecule has 2 aromatic heterocycles. The third kappa shape index (κ3) is 4.63. The summed E-state index contributed by atoms with van der Waals surface area (Å²) in [6.45, 7) is 7.28. The molecule has 1 N–H and O–H groups in total. The second-order valence-corrected chi connectivity index (χ2v) is 7.14. The molecular weight excluding hydrogens is 320 g/mol. The molecule has 3 heterocycles. The Morgan fingerprint density at radius 1 is 1.25 bits per heavy atom. The van der Waals surface area contributed by atoms with Crippen LogP contribution in [0.4, 0.5) is 0 Å². The molecule has 0 spiro atoms. The van der Waals surface area contributed by atoms with Crippen molar-refractivity contribution in [1.29, 1.82) is 0 Å². The Bertz CT molecular complexity index is 624. The van der Waals surface area contributed by atoms with E-state index < -0.39 is 0 Å². The van der Waals surface area contributed by atoms with Gasteiger partial charge in [0.2, 0.25) is 5.91 Å². The minimum atomic E-state index is -0.0815. The van der Waals surface area contributed by atoms with E-state index in [4.69, 9.17) is 0 Å². The van der Waals surface area contributed by atoms with Gasteiger partial charge in [0.25, 0.3) is 0 Å².